The number of imidazole rings is 1. The molecule has 3 aromatic heterocycles. The monoisotopic (exact) mass is 343 g/mol. The number of aryl methyl sites for hydroxylation is 2. The SMILES string of the molecule is CC(C)c1nn(C)c2sc(C(=O)N[C@@H]3CCc4nccn4C3)cc12. The largest absolute Gasteiger partial charge is 0.347 e. The summed E-state index contributed by atoms with van der Waals surface area (Å²) in [7, 11) is 1.94. The van der Waals surface area contributed by atoms with Gasteiger partial charge in [0.1, 0.15) is 10.7 Å². The number of aromatic nitrogens is 4. The zero-order chi connectivity index (χ0) is 16.8. The zero-order valence-corrected chi connectivity index (χ0v) is 14.9. The number of fused-ring (bicyclic) bond motifs is 2. The van der Waals surface area contributed by atoms with E-state index in [0.717, 1.165) is 46.0 Å². The molecule has 0 aromatic carbocycles. The van der Waals surface area contributed by atoms with Gasteiger partial charge in [0.2, 0.25) is 0 Å². The highest BCUT2D eigenvalue weighted by Gasteiger charge is 2.23. The van der Waals surface area contributed by atoms with Crippen molar-refractivity contribution in [3.05, 3.63) is 34.9 Å². The topological polar surface area (TPSA) is 64.7 Å². The van der Waals surface area contributed by atoms with Crippen molar-refractivity contribution >= 4 is 27.5 Å². The van der Waals surface area contributed by atoms with Gasteiger partial charge in [0, 0.05) is 43.8 Å². The molecular formula is C17H21N5OS. The molecule has 1 N–H and O–H groups in total. The standard InChI is InChI=1S/C17H21N5OS/c1-10(2)15-12-8-13(24-17(12)21(3)20-15)16(23)19-11-4-5-14-18-6-7-22(14)9-11/h6-8,10-11H,4-5,9H2,1-3H3,(H,19,23)/t11-/m1/s1. The number of hydrogen-bond donors (Lipinski definition) is 1. The van der Waals surface area contributed by atoms with E-state index >= 15 is 0 Å². The fourth-order valence-corrected chi connectivity index (χ4v) is 4.33. The van der Waals surface area contributed by atoms with Crippen LogP contribution in [0, 0.1) is 0 Å². The minimum Gasteiger partial charge on any atom is -0.347 e. The Balaban J connectivity index is 1.55. The fraction of sp³-hybridized carbons (Fsp3) is 0.471. The van der Waals surface area contributed by atoms with Crippen LogP contribution >= 0.6 is 11.3 Å². The molecule has 1 aliphatic heterocycles. The van der Waals surface area contributed by atoms with E-state index in [-0.39, 0.29) is 11.9 Å². The molecule has 1 atom stereocenters. The van der Waals surface area contributed by atoms with Crippen LogP contribution in [0.15, 0.2) is 18.5 Å². The van der Waals surface area contributed by atoms with E-state index in [4.69, 9.17) is 0 Å². The van der Waals surface area contributed by atoms with Crippen LogP contribution in [-0.4, -0.2) is 31.3 Å². The van der Waals surface area contributed by atoms with Crippen LogP contribution in [0.25, 0.3) is 10.2 Å². The number of amides is 1. The molecule has 6 nitrogen and oxygen atoms in total. The van der Waals surface area contributed by atoms with Gasteiger partial charge in [-0.2, -0.15) is 5.10 Å². The van der Waals surface area contributed by atoms with Crippen LogP contribution in [0.2, 0.25) is 0 Å². The van der Waals surface area contributed by atoms with E-state index < -0.39 is 0 Å². The van der Waals surface area contributed by atoms with Gasteiger partial charge >= 0.3 is 0 Å². The molecule has 3 aromatic rings. The number of hydrogen-bond acceptors (Lipinski definition) is 4. The molecule has 0 saturated carbocycles. The van der Waals surface area contributed by atoms with Crippen molar-refractivity contribution in [1.82, 2.24) is 24.6 Å². The van der Waals surface area contributed by atoms with Crippen LogP contribution in [0.1, 0.15) is 47.4 Å². The van der Waals surface area contributed by atoms with Crippen molar-refractivity contribution in [1.29, 1.82) is 0 Å². The molecule has 0 fully saturated rings. The Morgan fingerprint density at radius 2 is 2.29 bits per heavy atom. The quantitative estimate of drug-likeness (QED) is 0.795. The molecule has 4 heterocycles. The lowest BCUT2D eigenvalue weighted by Crippen LogP contribution is -2.40. The summed E-state index contributed by atoms with van der Waals surface area (Å²) in [6.07, 6.45) is 5.65. The maximum atomic E-state index is 12.7. The first kappa shape index (κ1) is 15.4. The molecule has 1 aliphatic rings. The van der Waals surface area contributed by atoms with Gasteiger partial charge in [-0.25, -0.2) is 4.98 Å². The van der Waals surface area contributed by atoms with E-state index in [9.17, 15) is 4.79 Å². The Kier molecular flexibility index (Phi) is 3.68. The van der Waals surface area contributed by atoms with Crippen LogP contribution < -0.4 is 5.32 Å². The lowest BCUT2D eigenvalue weighted by Gasteiger charge is -2.24. The molecule has 0 bridgehead atoms. The van der Waals surface area contributed by atoms with Gasteiger partial charge in [0.25, 0.3) is 5.91 Å². The first-order valence-electron chi connectivity index (χ1n) is 8.30. The predicted octanol–water partition coefficient (Wildman–Crippen LogP) is 2.70. The highest BCUT2D eigenvalue weighted by Crippen LogP contribution is 2.31. The minimum atomic E-state index is 0.0134. The Morgan fingerprint density at radius 1 is 1.46 bits per heavy atom. The Bertz CT molecular complexity index is 904. The van der Waals surface area contributed by atoms with Gasteiger partial charge in [-0.15, -0.1) is 11.3 Å². The summed E-state index contributed by atoms with van der Waals surface area (Å²) in [6, 6.07) is 2.15. The van der Waals surface area contributed by atoms with Crippen molar-refractivity contribution in [3.63, 3.8) is 0 Å². The summed E-state index contributed by atoms with van der Waals surface area (Å²) in [5, 5.41) is 8.85. The number of thiophene rings is 1. The molecule has 24 heavy (non-hydrogen) atoms. The molecule has 0 saturated heterocycles. The van der Waals surface area contributed by atoms with Crippen molar-refractivity contribution in [2.45, 2.75) is 45.2 Å². The lowest BCUT2D eigenvalue weighted by atomic mass is 10.1. The highest BCUT2D eigenvalue weighted by atomic mass is 32.1. The maximum absolute atomic E-state index is 12.7. The minimum absolute atomic E-state index is 0.0134. The summed E-state index contributed by atoms with van der Waals surface area (Å²) in [6.45, 7) is 5.05. The van der Waals surface area contributed by atoms with Crippen LogP contribution in [0.4, 0.5) is 0 Å². The van der Waals surface area contributed by atoms with Gasteiger partial charge in [-0.05, 0) is 18.4 Å². The summed E-state index contributed by atoms with van der Waals surface area (Å²) in [4.78, 5) is 18.8. The zero-order valence-electron chi connectivity index (χ0n) is 14.1. The van der Waals surface area contributed by atoms with E-state index in [1.807, 2.05) is 30.2 Å². The molecular weight excluding hydrogens is 322 g/mol. The van der Waals surface area contributed by atoms with Crippen LogP contribution in [0.3, 0.4) is 0 Å². The molecule has 0 spiro atoms. The van der Waals surface area contributed by atoms with E-state index in [2.05, 4.69) is 33.8 Å². The Morgan fingerprint density at radius 3 is 3.08 bits per heavy atom. The second-order valence-electron chi connectivity index (χ2n) is 6.70. The van der Waals surface area contributed by atoms with E-state index in [0.29, 0.717) is 5.92 Å². The first-order valence-corrected chi connectivity index (χ1v) is 9.12. The Hall–Kier alpha value is -2.15. The molecule has 0 aliphatic carbocycles. The lowest BCUT2D eigenvalue weighted by molar-refractivity contribution is 0.0932. The van der Waals surface area contributed by atoms with Gasteiger partial charge < -0.3 is 9.88 Å². The highest BCUT2D eigenvalue weighted by molar-refractivity contribution is 7.20. The summed E-state index contributed by atoms with van der Waals surface area (Å²) in [5.74, 6) is 1.46. The van der Waals surface area contributed by atoms with Crippen molar-refractivity contribution in [2.24, 2.45) is 7.05 Å². The number of nitrogens with one attached hydrogen (secondary N) is 1. The van der Waals surface area contributed by atoms with Crippen LogP contribution in [-0.2, 0) is 20.0 Å². The molecule has 7 heteroatoms. The first-order chi connectivity index (χ1) is 11.5. The van der Waals surface area contributed by atoms with Crippen LogP contribution in [0.5, 0.6) is 0 Å². The average molecular weight is 343 g/mol. The summed E-state index contributed by atoms with van der Waals surface area (Å²) >= 11 is 1.52. The molecule has 0 radical (unpaired) electrons. The third-order valence-electron chi connectivity index (χ3n) is 4.58. The second kappa shape index (κ2) is 5.73. The predicted molar refractivity (Wildman–Crippen MR) is 94.5 cm³/mol. The smallest absolute Gasteiger partial charge is 0.261 e. The molecule has 126 valence electrons. The molecule has 1 amide bonds. The number of carbonyl (C=O) groups excluding carboxylic acids is 1. The fourth-order valence-electron chi connectivity index (χ4n) is 3.35. The van der Waals surface area contributed by atoms with Crippen molar-refractivity contribution in [3.8, 4) is 0 Å². The summed E-state index contributed by atoms with van der Waals surface area (Å²) in [5.41, 5.74) is 1.06. The number of carbonyl (C=O) groups is 1. The number of rotatable bonds is 3. The van der Waals surface area contributed by atoms with Gasteiger partial charge in [0.15, 0.2) is 0 Å². The van der Waals surface area contributed by atoms with Gasteiger partial charge in [-0.1, -0.05) is 13.8 Å². The molecule has 4 rings (SSSR count). The van der Waals surface area contributed by atoms with Gasteiger partial charge in [0.05, 0.1) is 10.6 Å². The third-order valence-corrected chi connectivity index (χ3v) is 5.78. The maximum Gasteiger partial charge on any atom is 0.261 e. The van der Waals surface area contributed by atoms with Crippen molar-refractivity contribution < 1.29 is 4.79 Å². The normalized spacial score (nSPS) is 17.4. The van der Waals surface area contributed by atoms with Gasteiger partial charge in [-0.3, -0.25) is 9.48 Å². The third kappa shape index (κ3) is 2.53. The van der Waals surface area contributed by atoms with E-state index in [1.165, 1.54) is 11.3 Å². The summed E-state index contributed by atoms with van der Waals surface area (Å²) < 4.78 is 4.00. The average Bonchev–Trinajstić information content (AvgIpc) is 3.23. The Labute approximate surface area is 144 Å². The molecule has 0 unspecified atom stereocenters. The van der Waals surface area contributed by atoms with E-state index in [1.54, 1.807) is 0 Å². The number of nitrogens with zero attached hydrogens (tertiary/aromatic N) is 4. The second-order valence-corrected chi connectivity index (χ2v) is 7.73. The van der Waals surface area contributed by atoms with Crippen molar-refractivity contribution in [2.75, 3.05) is 0 Å².